The van der Waals surface area contributed by atoms with Crippen molar-refractivity contribution in [2.24, 2.45) is 5.73 Å². The Morgan fingerprint density at radius 1 is 1.35 bits per heavy atom. The number of nitro groups is 1. The van der Waals surface area contributed by atoms with Crippen molar-refractivity contribution in [3.8, 4) is 11.3 Å². The summed E-state index contributed by atoms with van der Waals surface area (Å²) in [5.74, 6) is -0.643. The first-order chi connectivity index (χ1) is 11.0. The lowest BCUT2D eigenvalue weighted by Gasteiger charge is -2.25. The minimum absolute atomic E-state index is 0.0530. The molecular weight excluding hydrogens is 314 g/mol. The molecule has 1 aliphatic carbocycles. The summed E-state index contributed by atoms with van der Waals surface area (Å²) >= 11 is 1.28. The maximum atomic E-state index is 12.1. The fraction of sp³-hybridized carbons (Fsp3) is 0.125. The third-order valence-corrected chi connectivity index (χ3v) is 4.78. The topological polar surface area (TPSA) is 99.1 Å². The molecule has 1 heterocycles. The van der Waals surface area contributed by atoms with Gasteiger partial charge in [-0.05, 0) is 0 Å². The van der Waals surface area contributed by atoms with Crippen molar-refractivity contribution in [3.63, 3.8) is 0 Å². The summed E-state index contributed by atoms with van der Waals surface area (Å²) in [5.41, 5.74) is 5.88. The minimum Gasteiger partial charge on any atom is -0.369 e. The van der Waals surface area contributed by atoms with Crippen LogP contribution in [0.25, 0.3) is 11.3 Å². The zero-order chi connectivity index (χ0) is 16.4. The summed E-state index contributed by atoms with van der Waals surface area (Å²) < 4.78 is 0. The van der Waals surface area contributed by atoms with Crippen LogP contribution >= 0.6 is 11.3 Å². The number of nitrogens with two attached hydrogens (primary N) is 1. The number of rotatable bonds is 4. The first-order valence-corrected chi connectivity index (χ1v) is 7.75. The fourth-order valence-corrected chi connectivity index (χ4v) is 3.51. The number of carbonyl (C=O) groups is 1. The first-order valence-electron chi connectivity index (χ1n) is 6.87. The number of aromatic nitrogens is 1. The van der Waals surface area contributed by atoms with Gasteiger partial charge < -0.3 is 5.73 Å². The Bertz CT molecular complexity index is 826. The van der Waals surface area contributed by atoms with Gasteiger partial charge in [0.05, 0.1) is 17.0 Å². The first kappa shape index (κ1) is 15.1. The summed E-state index contributed by atoms with van der Waals surface area (Å²) in [6.07, 6.45) is 4.38. The second-order valence-corrected chi connectivity index (χ2v) is 6.05. The second-order valence-electron chi connectivity index (χ2n) is 5.19. The molecule has 1 unspecified atom stereocenters. The van der Waals surface area contributed by atoms with E-state index in [4.69, 9.17) is 5.73 Å². The average Bonchev–Trinajstić information content (AvgIpc) is 3.06. The Morgan fingerprint density at radius 3 is 2.74 bits per heavy atom. The molecule has 1 aromatic heterocycles. The second kappa shape index (κ2) is 5.77. The van der Waals surface area contributed by atoms with Gasteiger partial charge in [0.15, 0.2) is 0 Å². The monoisotopic (exact) mass is 327 g/mol. The quantitative estimate of drug-likeness (QED) is 0.689. The van der Waals surface area contributed by atoms with Crippen LogP contribution in [0.3, 0.4) is 0 Å². The van der Waals surface area contributed by atoms with Gasteiger partial charge >= 0.3 is 0 Å². The van der Waals surface area contributed by atoms with Gasteiger partial charge in [-0.1, -0.05) is 42.5 Å². The highest BCUT2D eigenvalue weighted by atomic mass is 32.1. The summed E-state index contributed by atoms with van der Waals surface area (Å²) in [5, 5.41) is 13.3. The van der Waals surface area contributed by atoms with Gasteiger partial charge in [0.25, 0.3) is 0 Å². The van der Waals surface area contributed by atoms with Crippen LogP contribution in [0, 0.1) is 10.1 Å². The number of primary amides is 1. The van der Waals surface area contributed by atoms with Crippen molar-refractivity contribution in [2.45, 2.75) is 11.8 Å². The van der Waals surface area contributed by atoms with E-state index in [1.54, 1.807) is 6.08 Å². The summed E-state index contributed by atoms with van der Waals surface area (Å²) in [4.78, 5) is 27.2. The van der Waals surface area contributed by atoms with Crippen LogP contribution in [0.2, 0.25) is 0 Å². The lowest BCUT2D eigenvalue weighted by atomic mass is 9.80. The van der Waals surface area contributed by atoms with Crippen LogP contribution in [0.1, 0.15) is 11.4 Å². The molecular formula is C16H13N3O3S. The van der Waals surface area contributed by atoms with Crippen molar-refractivity contribution < 1.29 is 9.72 Å². The number of carbonyl (C=O) groups excluding carboxylic acids is 1. The van der Waals surface area contributed by atoms with Crippen molar-refractivity contribution in [1.29, 1.82) is 0 Å². The molecule has 0 saturated carbocycles. The Labute approximate surface area is 136 Å². The normalized spacial score (nSPS) is 20.1. The molecule has 1 aliphatic rings. The molecule has 7 heteroatoms. The van der Waals surface area contributed by atoms with E-state index in [9.17, 15) is 14.9 Å². The van der Waals surface area contributed by atoms with E-state index < -0.39 is 16.2 Å². The molecule has 116 valence electrons. The highest BCUT2D eigenvalue weighted by Crippen LogP contribution is 2.38. The van der Waals surface area contributed by atoms with Crippen molar-refractivity contribution >= 4 is 17.2 Å². The van der Waals surface area contributed by atoms with Crippen LogP contribution < -0.4 is 5.73 Å². The predicted octanol–water partition coefficient (Wildman–Crippen LogP) is 2.65. The highest BCUT2D eigenvalue weighted by Gasteiger charge is 2.44. The molecule has 23 heavy (non-hydrogen) atoms. The molecule has 1 atom stereocenters. The van der Waals surface area contributed by atoms with Gasteiger partial charge in [-0.25, -0.2) is 4.98 Å². The molecule has 1 amide bonds. The van der Waals surface area contributed by atoms with E-state index in [-0.39, 0.29) is 12.1 Å². The van der Waals surface area contributed by atoms with Crippen molar-refractivity contribution in [3.05, 3.63) is 74.8 Å². The maximum absolute atomic E-state index is 12.1. The van der Waals surface area contributed by atoms with Crippen LogP contribution in [-0.4, -0.2) is 15.8 Å². The lowest BCUT2D eigenvalue weighted by Crippen LogP contribution is -2.41. The summed E-state index contributed by atoms with van der Waals surface area (Å²) in [7, 11) is 0. The van der Waals surface area contributed by atoms with E-state index in [1.807, 2.05) is 35.7 Å². The zero-order valence-corrected chi connectivity index (χ0v) is 12.8. The molecule has 2 N–H and O–H groups in total. The molecule has 0 spiro atoms. The smallest absolute Gasteiger partial charge is 0.248 e. The van der Waals surface area contributed by atoms with Gasteiger partial charge in [0.2, 0.25) is 11.6 Å². The molecule has 0 bridgehead atoms. The van der Waals surface area contributed by atoms with E-state index in [1.165, 1.54) is 23.5 Å². The standard InChI is InChI=1S/C16H13N3O3S/c17-14(20)16(8-4-7-12(9-16)19(21)22)15-18-13(10-23-15)11-5-2-1-3-6-11/h1-8,10H,9H2,(H2,17,20). The number of hydrogen-bond acceptors (Lipinski definition) is 5. The Morgan fingerprint density at radius 2 is 2.09 bits per heavy atom. The van der Waals surface area contributed by atoms with Gasteiger partial charge in [0, 0.05) is 17.0 Å². The van der Waals surface area contributed by atoms with Crippen LogP contribution in [0.15, 0.2) is 59.6 Å². The number of nitrogens with zero attached hydrogens (tertiary/aromatic N) is 2. The molecule has 1 aromatic carbocycles. The van der Waals surface area contributed by atoms with Gasteiger partial charge in [-0.15, -0.1) is 11.3 Å². The van der Waals surface area contributed by atoms with Gasteiger partial charge in [-0.3, -0.25) is 14.9 Å². The van der Waals surface area contributed by atoms with E-state index >= 15 is 0 Å². The number of thiazole rings is 1. The predicted molar refractivity (Wildman–Crippen MR) is 87.3 cm³/mol. The largest absolute Gasteiger partial charge is 0.369 e. The number of benzene rings is 1. The van der Waals surface area contributed by atoms with E-state index in [0.29, 0.717) is 5.01 Å². The lowest BCUT2D eigenvalue weighted by molar-refractivity contribution is -0.428. The number of amides is 1. The molecule has 0 saturated heterocycles. The molecule has 6 nitrogen and oxygen atoms in total. The third-order valence-electron chi connectivity index (χ3n) is 3.76. The number of allylic oxidation sites excluding steroid dienone is 3. The zero-order valence-electron chi connectivity index (χ0n) is 12.0. The highest BCUT2D eigenvalue weighted by molar-refractivity contribution is 7.10. The molecule has 0 radical (unpaired) electrons. The molecule has 3 rings (SSSR count). The van der Waals surface area contributed by atoms with Gasteiger partial charge in [0.1, 0.15) is 10.4 Å². The summed E-state index contributed by atoms with van der Waals surface area (Å²) in [6.45, 7) is 0. The fourth-order valence-electron chi connectivity index (χ4n) is 2.49. The van der Waals surface area contributed by atoms with E-state index in [0.717, 1.165) is 11.3 Å². The van der Waals surface area contributed by atoms with Crippen LogP contribution in [0.4, 0.5) is 0 Å². The molecule has 0 aliphatic heterocycles. The SMILES string of the molecule is NC(=O)C1(c2nc(-c3ccccc3)cs2)C=CC=C([N+](=O)[O-])C1. The Kier molecular flexibility index (Phi) is 3.79. The molecule has 2 aromatic rings. The van der Waals surface area contributed by atoms with Crippen LogP contribution in [0.5, 0.6) is 0 Å². The minimum atomic E-state index is -1.27. The summed E-state index contributed by atoms with van der Waals surface area (Å²) in [6, 6.07) is 9.52. The number of hydrogen-bond donors (Lipinski definition) is 1. The Hall–Kier alpha value is -2.80. The van der Waals surface area contributed by atoms with Gasteiger partial charge in [-0.2, -0.15) is 0 Å². The average molecular weight is 327 g/mol. The Balaban J connectivity index is 2.03. The third kappa shape index (κ3) is 2.66. The molecule has 0 fully saturated rings. The van der Waals surface area contributed by atoms with E-state index in [2.05, 4.69) is 4.98 Å². The van der Waals surface area contributed by atoms with Crippen molar-refractivity contribution in [2.75, 3.05) is 0 Å². The van der Waals surface area contributed by atoms with Crippen molar-refractivity contribution in [1.82, 2.24) is 4.98 Å². The van der Waals surface area contributed by atoms with Crippen LogP contribution in [-0.2, 0) is 10.2 Å². The maximum Gasteiger partial charge on any atom is 0.248 e.